The number of carbonyl (C=O) groups is 1. The van der Waals surface area contributed by atoms with E-state index < -0.39 is 0 Å². The maximum atomic E-state index is 13.2. The Morgan fingerprint density at radius 3 is 2.67 bits per heavy atom. The van der Waals surface area contributed by atoms with Gasteiger partial charge in [0.05, 0.1) is 35.0 Å². The zero-order chi connectivity index (χ0) is 22.6. The second-order valence-corrected chi connectivity index (χ2v) is 8.29. The first kappa shape index (κ1) is 21.3. The third kappa shape index (κ3) is 4.79. The lowest BCUT2D eigenvalue weighted by molar-refractivity contribution is -0.0292. The van der Waals surface area contributed by atoms with E-state index in [1.165, 1.54) is 5.56 Å². The largest absolute Gasteiger partial charge is 0.374 e. The van der Waals surface area contributed by atoms with Crippen LogP contribution in [0.1, 0.15) is 21.6 Å². The summed E-state index contributed by atoms with van der Waals surface area (Å²) in [5.74, 6) is -0.185. The van der Waals surface area contributed by atoms with Crippen molar-refractivity contribution in [1.82, 2.24) is 20.4 Å². The summed E-state index contributed by atoms with van der Waals surface area (Å²) in [6, 6.07) is 21.9. The van der Waals surface area contributed by atoms with Crippen molar-refractivity contribution in [2.24, 2.45) is 0 Å². The van der Waals surface area contributed by atoms with Crippen molar-refractivity contribution in [2.75, 3.05) is 26.2 Å². The van der Waals surface area contributed by atoms with Gasteiger partial charge in [-0.1, -0.05) is 65.8 Å². The predicted octanol–water partition coefficient (Wildman–Crippen LogP) is 3.83. The topological polar surface area (TPSA) is 80.5 Å². The number of aromatic nitrogens is 2. The molecule has 1 saturated heterocycles. The average Bonchev–Trinajstić information content (AvgIpc) is 3.24. The SMILES string of the molecule is Cc1noc2nc(-c3ccccc3)cc(C(=O)NCC3CN(Cc4ccccc4)CCO3)c12. The molecule has 1 amide bonds. The first-order valence-corrected chi connectivity index (χ1v) is 11.2. The van der Waals surface area contributed by atoms with Gasteiger partial charge in [0, 0.05) is 31.7 Å². The number of nitrogens with zero attached hydrogens (tertiary/aromatic N) is 3. The predicted molar refractivity (Wildman–Crippen MR) is 126 cm³/mol. The Labute approximate surface area is 192 Å². The highest BCUT2D eigenvalue weighted by atomic mass is 16.5. The second kappa shape index (κ2) is 9.52. The van der Waals surface area contributed by atoms with Crippen molar-refractivity contribution in [1.29, 1.82) is 0 Å². The Bertz CT molecular complexity index is 1240. The van der Waals surface area contributed by atoms with E-state index in [0.29, 0.717) is 41.2 Å². The molecule has 0 bridgehead atoms. The van der Waals surface area contributed by atoms with Gasteiger partial charge in [0.15, 0.2) is 0 Å². The zero-order valence-electron chi connectivity index (χ0n) is 18.5. The third-order valence-electron chi connectivity index (χ3n) is 5.89. The molecular weight excluding hydrogens is 416 g/mol. The number of carbonyl (C=O) groups excluding carboxylic acids is 1. The Morgan fingerprint density at radius 1 is 1.12 bits per heavy atom. The van der Waals surface area contributed by atoms with Gasteiger partial charge < -0.3 is 14.6 Å². The highest BCUT2D eigenvalue weighted by Gasteiger charge is 2.23. The summed E-state index contributed by atoms with van der Waals surface area (Å²) < 4.78 is 11.3. The number of fused-ring (bicyclic) bond motifs is 1. The molecule has 4 aromatic rings. The third-order valence-corrected chi connectivity index (χ3v) is 5.89. The van der Waals surface area contributed by atoms with Crippen molar-refractivity contribution < 1.29 is 14.1 Å². The van der Waals surface area contributed by atoms with E-state index in [4.69, 9.17) is 9.26 Å². The molecule has 1 fully saturated rings. The average molecular weight is 443 g/mol. The molecule has 0 radical (unpaired) electrons. The van der Waals surface area contributed by atoms with E-state index in [2.05, 4.69) is 44.6 Å². The van der Waals surface area contributed by atoms with Crippen LogP contribution < -0.4 is 5.32 Å². The van der Waals surface area contributed by atoms with Gasteiger partial charge in [0.1, 0.15) is 0 Å². The van der Waals surface area contributed by atoms with Gasteiger partial charge in [-0.3, -0.25) is 9.69 Å². The van der Waals surface area contributed by atoms with Crippen molar-refractivity contribution in [3.8, 4) is 11.3 Å². The molecule has 0 spiro atoms. The van der Waals surface area contributed by atoms with Crippen LogP contribution in [0.4, 0.5) is 0 Å². The van der Waals surface area contributed by atoms with Gasteiger partial charge in [-0.15, -0.1) is 0 Å². The van der Waals surface area contributed by atoms with Crippen LogP contribution in [0.5, 0.6) is 0 Å². The fourth-order valence-corrected chi connectivity index (χ4v) is 4.22. The minimum Gasteiger partial charge on any atom is -0.374 e. The number of ether oxygens (including phenoxy) is 1. The van der Waals surface area contributed by atoms with E-state index in [1.807, 2.05) is 43.3 Å². The highest BCUT2D eigenvalue weighted by molar-refractivity contribution is 6.07. The lowest BCUT2D eigenvalue weighted by Gasteiger charge is -2.33. The normalized spacial score (nSPS) is 16.7. The first-order valence-electron chi connectivity index (χ1n) is 11.2. The van der Waals surface area contributed by atoms with Crippen molar-refractivity contribution in [3.63, 3.8) is 0 Å². The molecule has 7 heteroatoms. The van der Waals surface area contributed by atoms with Crippen LogP contribution >= 0.6 is 0 Å². The number of hydrogen-bond donors (Lipinski definition) is 1. The number of rotatable bonds is 6. The van der Waals surface area contributed by atoms with Gasteiger partial charge in [-0.25, -0.2) is 4.98 Å². The fourth-order valence-electron chi connectivity index (χ4n) is 4.22. The molecule has 1 atom stereocenters. The number of nitrogens with one attached hydrogen (secondary N) is 1. The first-order chi connectivity index (χ1) is 16.2. The Hall–Kier alpha value is -3.55. The van der Waals surface area contributed by atoms with Gasteiger partial charge in [-0.2, -0.15) is 0 Å². The van der Waals surface area contributed by atoms with Crippen LogP contribution in [0.15, 0.2) is 71.3 Å². The molecule has 1 N–H and O–H groups in total. The van der Waals surface area contributed by atoms with Crippen LogP contribution in [-0.2, 0) is 11.3 Å². The number of morpholine rings is 1. The number of benzene rings is 2. The minimum atomic E-state index is -0.185. The van der Waals surface area contributed by atoms with Crippen molar-refractivity contribution in [2.45, 2.75) is 19.6 Å². The van der Waals surface area contributed by atoms with Crippen LogP contribution in [0.2, 0.25) is 0 Å². The van der Waals surface area contributed by atoms with Crippen molar-refractivity contribution in [3.05, 3.63) is 83.6 Å². The molecule has 2 aromatic heterocycles. The van der Waals surface area contributed by atoms with E-state index in [-0.39, 0.29) is 12.0 Å². The van der Waals surface area contributed by atoms with Crippen LogP contribution in [0, 0.1) is 6.92 Å². The monoisotopic (exact) mass is 442 g/mol. The van der Waals surface area contributed by atoms with Gasteiger partial charge in [0.25, 0.3) is 11.6 Å². The molecule has 0 aliphatic carbocycles. The highest BCUT2D eigenvalue weighted by Crippen LogP contribution is 2.27. The van der Waals surface area contributed by atoms with Crippen LogP contribution in [0.3, 0.4) is 0 Å². The summed E-state index contributed by atoms with van der Waals surface area (Å²) in [5, 5.41) is 7.72. The summed E-state index contributed by atoms with van der Waals surface area (Å²) in [7, 11) is 0. The van der Waals surface area contributed by atoms with Gasteiger partial charge in [-0.05, 0) is 18.6 Å². The summed E-state index contributed by atoms with van der Waals surface area (Å²) in [6.45, 7) is 5.42. The molecule has 2 aromatic carbocycles. The molecule has 5 rings (SSSR count). The number of hydrogen-bond acceptors (Lipinski definition) is 6. The van der Waals surface area contributed by atoms with Gasteiger partial charge in [0.2, 0.25) is 0 Å². The number of pyridine rings is 1. The van der Waals surface area contributed by atoms with Crippen LogP contribution in [-0.4, -0.2) is 53.3 Å². The smallest absolute Gasteiger partial charge is 0.259 e. The minimum absolute atomic E-state index is 0.0686. The molecule has 1 aliphatic heterocycles. The van der Waals surface area contributed by atoms with Gasteiger partial charge >= 0.3 is 0 Å². The Morgan fingerprint density at radius 2 is 1.88 bits per heavy atom. The lowest BCUT2D eigenvalue weighted by Crippen LogP contribution is -2.47. The summed E-state index contributed by atoms with van der Waals surface area (Å²) in [4.78, 5) is 20.2. The zero-order valence-corrected chi connectivity index (χ0v) is 18.5. The van der Waals surface area contributed by atoms with E-state index in [9.17, 15) is 4.79 Å². The molecule has 7 nitrogen and oxygen atoms in total. The molecule has 3 heterocycles. The van der Waals surface area contributed by atoms with E-state index in [1.54, 1.807) is 6.07 Å². The summed E-state index contributed by atoms with van der Waals surface area (Å²) in [6.07, 6.45) is -0.0686. The molecule has 0 saturated carbocycles. The Balaban J connectivity index is 1.30. The molecule has 1 unspecified atom stereocenters. The van der Waals surface area contributed by atoms with E-state index >= 15 is 0 Å². The molecular formula is C26H26N4O3. The standard InChI is InChI=1S/C26H26N4O3/c1-18-24-22(14-23(28-26(24)33-29-18)20-10-6-3-7-11-20)25(31)27-15-21-17-30(12-13-32-21)16-19-8-4-2-5-9-19/h2-11,14,21H,12-13,15-17H2,1H3,(H,27,31). The molecule has 1 aliphatic rings. The Kier molecular flexibility index (Phi) is 6.15. The fraction of sp³-hybridized carbons (Fsp3) is 0.269. The lowest BCUT2D eigenvalue weighted by atomic mass is 10.1. The molecule has 33 heavy (non-hydrogen) atoms. The van der Waals surface area contributed by atoms with Crippen molar-refractivity contribution >= 4 is 17.0 Å². The summed E-state index contributed by atoms with van der Waals surface area (Å²) >= 11 is 0. The maximum Gasteiger partial charge on any atom is 0.259 e. The number of aryl methyl sites for hydroxylation is 1. The second-order valence-electron chi connectivity index (χ2n) is 8.29. The molecule has 168 valence electrons. The summed E-state index contributed by atoms with van der Waals surface area (Å²) in [5.41, 5.74) is 4.38. The van der Waals surface area contributed by atoms with Crippen LogP contribution in [0.25, 0.3) is 22.4 Å². The van der Waals surface area contributed by atoms with E-state index in [0.717, 1.165) is 25.2 Å². The maximum absolute atomic E-state index is 13.2. The number of amides is 1. The quantitative estimate of drug-likeness (QED) is 0.489.